The van der Waals surface area contributed by atoms with E-state index in [2.05, 4.69) is 14.5 Å². The number of benzene rings is 1. The van der Waals surface area contributed by atoms with E-state index in [1.165, 1.54) is 4.57 Å². The van der Waals surface area contributed by atoms with E-state index in [1.54, 1.807) is 42.1 Å². The van der Waals surface area contributed by atoms with Gasteiger partial charge in [0.05, 0.1) is 12.7 Å². The molecule has 0 bridgehead atoms. The maximum atomic E-state index is 12.6. The number of aromatic nitrogens is 4. The highest BCUT2D eigenvalue weighted by Gasteiger charge is 2.46. The Bertz CT molecular complexity index is 1220. The number of aliphatic hydroxyl groups excluding tert-OH is 1. The number of hydrogen-bond donors (Lipinski definition) is 4. The minimum atomic E-state index is -4.75. The van der Waals surface area contributed by atoms with Crippen molar-refractivity contribution in [3.05, 3.63) is 35.6 Å². The Morgan fingerprint density at radius 2 is 2.03 bits per heavy atom. The summed E-state index contributed by atoms with van der Waals surface area (Å²) in [6.07, 6.45) is -1.36. The normalized spacial score (nSPS) is 23.0. The van der Waals surface area contributed by atoms with E-state index in [0.717, 1.165) is 0 Å². The summed E-state index contributed by atoms with van der Waals surface area (Å²) in [5.74, 6) is -0.763. The first kappa shape index (κ1) is 24.6. The van der Waals surface area contributed by atoms with Crippen LogP contribution in [0.15, 0.2) is 30.6 Å². The van der Waals surface area contributed by atoms with Gasteiger partial charge in [-0.3, -0.25) is 9.09 Å². The third kappa shape index (κ3) is 5.26. The van der Waals surface area contributed by atoms with E-state index >= 15 is 0 Å². The monoisotopic (exact) mass is 515 g/mol. The lowest BCUT2D eigenvalue weighted by atomic mass is 10.0. The Balaban J connectivity index is 1.60. The Morgan fingerprint density at radius 3 is 2.71 bits per heavy atom. The van der Waals surface area contributed by atoms with E-state index in [0.29, 0.717) is 10.8 Å². The number of nitrogens with two attached hydrogens (primary N) is 1. The predicted octanol–water partition coefficient (Wildman–Crippen LogP) is 0.111. The van der Waals surface area contributed by atoms with Crippen LogP contribution in [0, 0.1) is 5.92 Å². The summed E-state index contributed by atoms with van der Waals surface area (Å²) in [5.41, 5.74) is 6.04. The van der Waals surface area contributed by atoms with Gasteiger partial charge in [0.2, 0.25) is 0 Å². The van der Waals surface area contributed by atoms with Gasteiger partial charge in [-0.1, -0.05) is 23.5 Å². The van der Waals surface area contributed by atoms with Crippen molar-refractivity contribution >= 4 is 36.5 Å². The first-order valence-corrected chi connectivity index (χ1v) is 12.1. The Hall–Kier alpha value is -2.51. The molecular weight excluding hydrogens is 493 g/mol. The molecule has 34 heavy (non-hydrogen) atoms. The standard InChI is InChI=1S/C19H23ClN5O8P/c1-10-15(26)13(8-32-34(28,29)30)33-18(10)25-9-24(14-16(25)22-19(21)23-17(14)27)6-7-31-12-4-2-11(20)3-5-12/h2-5,9-10,13,15,18,26H,6-8H2,1H3,(H4-,21,22,23,27,28,29,30)/t10-,13-,15+,18-/m1/s1. The molecule has 13 nitrogen and oxygen atoms in total. The zero-order chi connectivity index (χ0) is 24.6. The summed E-state index contributed by atoms with van der Waals surface area (Å²) in [6, 6.07) is 6.82. The van der Waals surface area contributed by atoms with Crippen molar-refractivity contribution in [2.24, 2.45) is 5.92 Å². The van der Waals surface area contributed by atoms with Crippen LogP contribution in [0.3, 0.4) is 0 Å². The van der Waals surface area contributed by atoms with Crippen LogP contribution in [0.1, 0.15) is 13.2 Å². The fourth-order valence-electron chi connectivity index (χ4n) is 3.80. The molecule has 1 aliphatic heterocycles. The highest BCUT2D eigenvalue weighted by atomic mass is 35.5. The number of halogens is 1. The van der Waals surface area contributed by atoms with Gasteiger partial charge in [0.1, 0.15) is 25.0 Å². The van der Waals surface area contributed by atoms with Crippen molar-refractivity contribution in [1.29, 1.82) is 0 Å². The number of anilines is 1. The molecule has 1 fully saturated rings. The molecule has 1 aliphatic rings. The summed E-state index contributed by atoms with van der Waals surface area (Å²) in [5, 5.41) is 23.7. The molecule has 5 N–H and O–H groups in total. The molecule has 4 rings (SSSR count). The van der Waals surface area contributed by atoms with E-state index in [4.69, 9.17) is 36.6 Å². The Labute approximate surface area is 198 Å². The summed E-state index contributed by atoms with van der Waals surface area (Å²) < 4.78 is 30.2. The van der Waals surface area contributed by atoms with Gasteiger partial charge in [0, 0.05) is 16.8 Å². The van der Waals surface area contributed by atoms with Crippen LogP contribution in [-0.4, -0.2) is 54.9 Å². The topological polar surface area (TPSA) is 189 Å². The summed E-state index contributed by atoms with van der Waals surface area (Å²) in [6.45, 7) is 1.63. The molecule has 2 aromatic heterocycles. The number of phosphoric ester groups is 1. The molecule has 1 saturated heterocycles. The van der Waals surface area contributed by atoms with Crippen LogP contribution >= 0.6 is 19.4 Å². The molecule has 184 valence electrons. The van der Waals surface area contributed by atoms with Crippen LogP contribution in [0.25, 0.3) is 11.2 Å². The lowest BCUT2D eigenvalue weighted by Gasteiger charge is -2.14. The molecule has 0 saturated carbocycles. The van der Waals surface area contributed by atoms with Crippen molar-refractivity contribution in [3.63, 3.8) is 0 Å². The van der Waals surface area contributed by atoms with Crippen molar-refractivity contribution < 1.29 is 43.1 Å². The van der Waals surface area contributed by atoms with Crippen LogP contribution in [0.4, 0.5) is 5.95 Å². The van der Waals surface area contributed by atoms with Gasteiger partial charge in [-0.2, -0.15) is 0 Å². The summed E-state index contributed by atoms with van der Waals surface area (Å²) >= 11 is 5.88. The summed E-state index contributed by atoms with van der Waals surface area (Å²) in [7, 11) is -4.75. The minimum Gasteiger partial charge on any atom is -0.856 e. The number of fused-ring (bicyclic) bond motifs is 1. The number of imidazole rings is 1. The third-order valence-electron chi connectivity index (χ3n) is 5.43. The van der Waals surface area contributed by atoms with Crippen molar-refractivity contribution in [2.45, 2.75) is 31.9 Å². The van der Waals surface area contributed by atoms with Crippen LogP contribution in [0.5, 0.6) is 11.6 Å². The minimum absolute atomic E-state index is 0.161. The van der Waals surface area contributed by atoms with Crippen LogP contribution in [-0.2, 0) is 20.4 Å². The fourth-order valence-corrected chi connectivity index (χ4v) is 4.27. The van der Waals surface area contributed by atoms with Crippen molar-refractivity contribution in [3.8, 4) is 11.6 Å². The van der Waals surface area contributed by atoms with Crippen LogP contribution in [0.2, 0.25) is 5.02 Å². The van der Waals surface area contributed by atoms with E-state index in [-0.39, 0.29) is 30.3 Å². The largest absolute Gasteiger partial charge is 0.856 e. The molecule has 0 aliphatic carbocycles. The lowest BCUT2D eigenvalue weighted by Crippen LogP contribution is -2.42. The molecule has 0 radical (unpaired) electrons. The maximum absolute atomic E-state index is 12.6. The SMILES string of the molecule is C[C@@H]1[C@H](O)[C@@H](COP(=O)(O)O)O[C@H]1[n+]1cn(CCOc2ccc(Cl)cc2)c2c([O-])nc(N)nc21. The molecule has 3 heterocycles. The zero-order valence-electron chi connectivity index (χ0n) is 17.9. The molecule has 15 heteroatoms. The smallest absolute Gasteiger partial charge is 0.469 e. The molecular formula is C19H23ClN5O8P. The number of ether oxygens (including phenoxy) is 2. The fraction of sp³-hybridized carbons (Fsp3) is 0.421. The zero-order valence-corrected chi connectivity index (χ0v) is 19.5. The average Bonchev–Trinajstić information content (AvgIpc) is 3.25. The van der Waals surface area contributed by atoms with E-state index in [1.807, 2.05) is 0 Å². The van der Waals surface area contributed by atoms with Gasteiger partial charge in [-0.05, 0) is 24.3 Å². The molecule has 1 aromatic carbocycles. The van der Waals surface area contributed by atoms with Gasteiger partial charge < -0.3 is 35.2 Å². The van der Waals surface area contributed by atoms with Crippen molar-refractivity contribution in [2.75, 3.05) is 18.9 Å². The number of aliphatic hydroxyl groups is 1. The van der Waals surface area contributed by atoms with E-state index < -0.39 is 44.7 Å². The average molecular weight is 516 g/mol. The molecule has 3 aromatic rings. The quantitative estimate of drug-likeness (QED) is 0.235. The van der Waals surface area contributed by atoms with Gasteiger partial charge >= 0.3 is 13.5 Å². The second kappa shape index (κ2) is 9.62. The number of phosphoric acid groups is 1. The summed E-state index contributed by atoms with van der Waals surface area (Å²) in [4.78, 5) is 25.8. The van der Waals surface area contributed by atoms with Crippen LogP contribution < -0.4 is 20.1 Å². The van der Waals surface area contributed by atoms with Gasteiger partial charge in [-0.15, -0.1) is 0 Å². The maximum Gasteiger partial charge on any atom is 0.469 e. The predicted molar refractivity (Wildman–Crippen MR) is 116 cm³/mol. The number of rotatable bonds is 8. The molecule has 0 amide bonds. The molecule has 0 unspecified atom stereocenters. The van der Waals surface area contributed by atoms with Gasteiger partial charge in [0.15, 0.2) is 18.1 Å². The number of nitrogen functional groups attached to an aromatic ring is 1. The van der Waals surface area contributed by atoms with Gasteiger partial charge in [0.25, 0.3) is 5.95 Å². The highest BCUT2D eigenvalue weighted by Crippen LogP contribution is 2.39. The molecule has 4 atom stereocenters. The molecule has 0 spiro atoms. The van der Waals surface area contributed by atoms with Gasteiger partial charge in [-0.25, -0.2) is 14.1 Å². The number of nitrogens with zero attached hydrogens (tertiary/aromatic N) is 4. The lowest BCUT2D eigenvalue weighted by molar-refractivity contribution is -0.745. The van der Waals surface area contributed by atoms with Crippen molar-refractivity contribution in [1.82, 2.24) is 14.5 Å². The first-order chi connectivity index (χ1) is 16.0. The second-order valence-electron chi connectivity index (χ2n) is 7.78. The van der Waals surface area contributed by atoms with E-state index in [9.17, 15) is 14.8 Å². The Kier molecular flexibility index (Phi) is 6.97. The second-order valence-corrected chi connectivity index (χ2v) is 9.45. The number of hydrogen-bond acceptors (Lipinski definition) is 9. The third-order valence-corrected chi connectivity index (χ3v) is 6.16. The Morgan fingerprint density at radius 1 is 1.32 bits per heavy atom. The highest BCUT2D eigenvalue weighted by molar-refractivity contribution is 7.46. The first-order valence-electron chi connectivity index (χ1n) is 10.2.